The lowest BCUT2D eigenvalue weighted by Crippen LogP contribution is -2.22. The fourth-order valence-electron chi connectivity index (χ4n) is 1.47. The van der Waals surface area contributed by atoms with Crippen LogP contribution < -0.4 is 5.73 Å². The highest BCUT2D eigenvalue weighted by molar-refractivity contribution is 7.99. The summed E-state index contributed by atoms with van der Waals surface area (Å²) in [7, 11) is 1.26. The third kappa shape index (κ3) is 2.79. The van der Waals surface area contributed by atoms with Crippen LogP contribution in [0.4, 0.5) is 5.69 Å². The fourth-order valence-corrected chi connectivity index (χ4v) is 3.19. The molecule has 7 nitrogen and oxygen atoms in total. The fraction of sp³-hybridized carbons (Fsp3) is 0.273. The molecular formula is C11H15N5O2S2. The minimum absolute atomic E-state index is 0.169. The van der Waals surface area contributed by atoms with Gasteiger partial charge in [0.1, 0.15) is 6.33 Å². The van der Waals surface area contributed by atoms with Crippen LogP contribution in [0.5, 0.6) is 0 Å². The van der Waals surface area contributed by atoms with Crippen molar-refractivity contribution in [3.8, 4) is 0 Å². The first kappa shape index (κ1) is 14.8. The van der Waals surface area contributed by atoms with Gasteiger partial charge in [0.2, 0.25) is 10.0 Å². The number of rotatable bonds is 4. The monoisotopic (exact) mass is 313 g/mol. The molecule has 1 aromatic carbocycles. The van der Waals surface area contributed by atoms with Crippen molar-refractivity contribution in [2.24, 2.45) is 7.05 Å². The summed E-state index contributed by atoms with van der Waals surface area (Å²) >= 11 is 1.33. The van der Waals surface area contributed by atoms with E-state index in [1.54, 1.807) is 17.8 Å². The van der Waals surface area contributed by atoms with E-state index < -0.39 is 10.0 Å². The Morgan fingerprint density at radius 3 is 2.55 bits per heavy atom. The van der Waals surface area contributed by atoms with E-state index in [2.05, 4.69) is 10.1 Å². The maximum Gasteiger partial charge on any atom is 0.242 e. The van der Waals surface area contributed by atoms with Crippen LogP contribution in [0.25, 0.3) is 0 Å². The number of sulfonamides is 1. The smallest absolute Gasteiger partial charge is 0.242 e. The Kier molecular flexibility index (Phi) is 4.02. The Balaban J connectivity index is 2.34. The van der Waals surface area contributed by atoms with Crippen LogP contribution in [0, 0.1) is 0 Å². The number of nitrogen functional groups attached to an aromatic ring is 1. The maximum absolute atomic E-state index is 12.0. The van der Waals surface area contributed by atoms with Crippen LogP contribution >= 0.6 is 11.8 Å². The molecule has 20 heavy (non-hydrogen) atoms. The zero-order valence-corrected chi connectivity index (χ0v) is 12.9. The van der Waals surface area contributed by atoms with E-state index in [0.29, 0.717) is 10.8 Å². The molecule has 9 heteroatoms. The number of hydrogen-bond acceptors (Lipinski definition) is 6. The molecule has 0 aliphatic heterocycles. The van der Waals surface area contributed by atoms with Crippen molar-refractivity contribution in [1.82, 2.24) is 19.1 Å². The van der Waals surface area contributed by atoms with Gasteiger partial charge < -0.3 is 5.73 Å². The number of hydrogen-bond donors (Lipinski definition) is 1. The van der Waals surface area contributed by atoms with Crippen molar-refractivity contribution in [3.63, 3.8) is 0 Å². The summed E-state index contributed by atoms with van der Waals surface area (Å²) in [6, 6.07) is 4.66. The summed E-state index contributed by atoms with van der Waals surface area (Å²) in [5, 5.41) is 4.64. The van der Waals surface area contributed by atoms with Crippen LogP contribution in [0.1, 0.15) is 0 Å². The Hall–Kier alpha value is -1.58. The molecule has 0 fully saturated rings. The Bertz CT molecular complexity index is 724. The molecule has 2 N–H and O–H groups in total. The van der Waals surface area contributed by atoms with Crippen molar-refractivity contribution in [2.75, 3.05) is 19.8 Å². The van der Waals surface area contributed by atoms with Crippen molar-refractivity contribution in [2.45, 2.75) is 14.9 Å². The van der Waals surface area contributed by atoms with E-state index in [0.717, 1.165) is 9.20 Å². The van der Waals surface area contributed by atoms with Crippen LogP contribution in [-0.4, -0.2) is 41.6 Å². The van der Waals surface area contributed by atoms with E-state index in [9.17, 15) is 8.42 Å². The molecular weight excluding hydrogens is 298 g/mol. The SMILES string of the molecule is CN(C)S(=O)(=O)c1ccc(Sc2ncnn2C)c(N)c1. The van der Waals surface area contributed by atoms with Crippen LogP contribution in [0.2, 0.25) is 0 Å². The minimum Gasteiger partial charge on any atom is -0.398 e. The normalized spacial score (nSPS) is 12.0. The van der Waals surface area contributed by atoms with E-state index in [4.69, 9.17) is 5.73 Å². The maximum atomic E-state index is 12.0. The summed E-state index contributed by atoms with van der Waals surface area (Å²) < 4.78 is 26.8. The van der Waals surface area contributed by atoms with Crippen LogP contribution in [0.3, 0.4) is 0 Å². The topological polar surface area (TPSA) is 94.1 Å². The molecule has 0 spiro atoms. The minimum atomic E-state index is -3.48. The molecule has 0 saturated heterocycles. The molecule has 0 aliphatic carbocycles. The summed E-state index contributed by atoms with van der Waals surface area (Å²) in [6.45, 7) is 0. The molecule has 2 aromatic rings. The highest BCUT2D eigenvalue weighted by Crippen LogP contribution is 2.32. The quantitative estimate of drug-likeness (QED) is 0.839. The second-order valence-corrected chi connectivity index (χ2v) is 7.42. The van der Waals surface area contributed by atoms with Crippen LogP contribution in [0.15, 0.2) is 39.5 Å². The first-order valence-electron chi connectivity index (χ1n) is 5.66. The number of aryl methyl sites for hydroxylation is 1. The second kappa shape index (κ2) is 5.43. The summed E-state index contributed by atoms with van der Waals surface area (Å²) in [6.07, 6.45) is 1.45. The molecule has 0 radical (unpaired) electrons. The van der Waals surface area contributed by atoms with Gasteiger partial charge in [0.15, 0.2) is 5.16 Å². The largest absolute Gasteiger partial charge is 0.398 e. The van der Waals surface area contributed by atoms with Gasteiger partial charge in [0, 0.05) is 31.7 Å². The van der Waals surface area contributed by atoms with Crippen molar-refractivity contribution < 1.29 is 8.42 Å². The summed E-state index contributed by atoms with van der Waals surface area (Å²) in [5.41, 5.74) is 6.31. The van der Waals surface area contributed by atoms with Crippen molar-refractivity contribution in [3.05, 3.63) is 24.5 Å². The molecule has 0 atom stereocenters. The molecule has 108 valence electrons. The number of anilines is 1. The number of benzene rings is 1. The van der Waals surface area contributed by atoms with Gasteiger partial charge in [-0.05, 0) is 30.0 Å². The Morgan fingerprint density at radius 2 is 2.05 bits per heavy atom. The van der Waals surface area contributed by atoms with E-state index in [1.165, 1.54) is 44.3 Å². The predicted molar refractivity (Wildman–Crippen MR) is 76.9 cm³/mol. The molecule has 0 saturated carbocycles. The average Bonchev–Trinajstić information content (AvgIpc) is 2.77. The lowest BCUT2D eigenvalue weighted by atomic mass is 10.3. The Labute approximate surface area is 121 Å². The van der Waals surface area contributed by atoms with Crippen molar-refractivity contribution in [1.29, 1.82) is 0 Å². The Morgan fingerprint density at radius 1 is 1.35 bits per heavy atom. The third-order valence-electron chi connectivity index (χ3n) is 2.63. The lowest BCUT2D eigenvalue weighted by Gasteiger charge is -2.13. The van der Waals surface area contributed by atoms with E-state index in [-0.39, 0.29) is 4.90 Å². The van der Waals surface area contributed by atoms with Gasteiger partial charge in [0.05, 0.1) is 4.90 Å². The van der Waals surface area contributed by atoms with Gasteiger partial charge in [-0.3, -0.25) is 0 Å². The number of nitrogens with two attached hydrogens (primary N) is 1. The van der Waals surface area contributed by atoms with E-state index in [1.807, 2.05) is 0 Å². The molecule has 0 unspecified atom stereocenters. The number of aromatic nitrogens is 3. The van der Waals surface area contributed by atoms with E-state index >= 15 is 0 Å². The van der Waals surface area contributed by atoms with Gasteiger partial charge in [-0.2, -0.15) is 5.10 Å². The molecule has 0 aliphatic rings. The summed E-state index contributed by atoms with van der Waals surface area (Å²) in [5.74, 6) is 0. The molecule has 0 amide bonds. The predicted octanol–water partition coefficient (Wildman–Crippen LogP) is 0.799. The summed E-state index contributed by atoms with van der Waals surface area (Å²) in [4.78, 5) is 4.99. The lowest BCUT2D eigenvalue weighted by molar-refractivity contribution is 0.520. The third-order valence-corrected chi connectivity index (χ3v) is 5.59. The standard InChI is InChI=1S/C11H15N5O2S2/c1-15(2)20(17,18)8-4-5-10(9(12)6-8)19-11-13-7-14-16(11)3/h4-7H,12H2,1-3H3. The second-order valence-electron chi connectivity index (χ2n) is 4.26. The van der Waals surface area contributed by atoms with Gasteiger partial charge in [-0.15, -0.1) is 0 Å². The zero-order valence-electron chi connectivity index (χ0n) is 11.3. The molecule has 2 rings (SSSR count). The average molecular weight is 313 g/mol. The van der Waals surface area contributed by atoms with Gasteiger partial charge in [-0.25, -0.2) is 22.4 Å². The van der Waals surface area contributed by atoms with Gasteiger partial charge in [-0.1, -0.05) is 0 Å². The highest BCUT2D eigenvalue weighted by Gasteiger charge is 2.18. The number of nitrogens with zero attached hydrogens (tertiary/aromatic N) is 4. The van der Waals surface area contributed by atoms with Crippen LogP contribution in [-0.2, 0) is 17.1 Å². The molecule has 1 aromatic heterocycles. The first-order valence-corrected chi connectivity index (χ1v) is 7.92. The van der Waals surface area contributed by atoms with Gasteiger partial charge in [0.25, 0.3) is 0 Å². The van der Waals surface area contributed by atoms with Crippen molar-refractivity contribution >= 4 is 27.5 Å². The zero-order chi connectivity index (χ0) is 14.9. The molecule has 1 heterocycles. The highest BCUT2D eigenvalue weighted by atomic mass is 32.2. The molecule has 0 bridgehead atoms. The van der Waals surface area contributed by atoms with Gasteiger partial charge >= 0.3 is 0 Å². The first-order chi connectivity index (χ1) is 9.32.